The van der Waals surface area contributed by atoms with Gasteiger partial charge >= 0.3 is 18.3 Å². The van der Waals surface area contributed by atoms with Crippen molar-refractivity contribution in [2.45, 2.75) is 19.3 Å². The van der Waals surface area contributed by atoms with E-state index in [0.29, 0.717) is 6.07 Å². The second kappa shape index (κ2) is 5.06. The smallest absolute Gasteiger partial charge is 0.433 e. The van der Waals surface area contributed by atoms with Crippen molar-refractivity contribution < 1.29 is 35.9 Å². The molecular formula is C10H7F6NO2. The first kappa shape index (κ1) is 15.3. The van der Waals surface area contributed by atoms with E-state index in [-0.39, 0.29) is 12.7 Å². The summed E-state index contributed by atoms with van der Waals surface area (Å²) in [5, 5.41) is 0. The van der Waals surface area contributed by atoms with Crippen LogP contribution in [0.15, 0.2) is 12.1 Å². The van der Waals surface area contributed by atoms with Gasteiger partial charge in [-0.2, -0.15) is 26.3 Å². The van der Waals surface area contributed by atoms with E-state index in [4.69, 9.17) is 0 Å². The van der Waals surface area contributed by atoms with Gasteiger partial charge < -0.3 is 4.74 Å². The minimum atomic E-state index is -5.33. The van der Waals surface area contributed by atoms with Crippen LogP contribution < -0.4 is 0 Å². The molecule has 3 nitrogen and oxygen atoms in total. The molecule has 19 heavy (non-hydrogen) atoms. The van der Waals surface area contributed by atoms with Crippen molar-refractivity contribution in [3.8, 4) is 0 Å². The summed E-state index contributed by atoms with van der Waals surface area (Å²) in [5.41, 5.74) is -4.94. The number of alkyl halides is 6. The molecular weight excluding hydrogens is 280 g/mol. The second-order valence-corrected chi connectivity index (χ2v) is 3.31. The summed E-state index contributed by atoms with van der Waals surface area (Å²) >= 11 is 0. The molecule has 1 rings (SSSR count). The SMILES string of the molecule is CCOC(=O)c1ccc(C(F)(F)F)c(C(F)(F)F)n1. The zero-order chi connectivity index (χ0) is 14.8. The maximum Gasteiger partial charge on any atom is 0.433 e. The summed E-state index contributed by atoms with van der Waals surface area (Å²) in [4.78, 5) is 13.9. The highest BCUT2D eigenvalue weighted by molar-refractivity contribution is 5.87. The number of hydrogen-bond donors (Lipinski definition) is 0. The van der Waals surface area contributed by atoms with Crippen molar-refractivity contribution in [2.75, 3.05) is 6.61 Å². The summed E-state index contributed by atoms with van der Waals surface area (Å²) in [5.74, 6) is -1.22. The van der Waals surface area contributed by atoms with E-state index in [1.807, 2.05) is 0 Å². The second-order valence-electron chi connectivity index (χ2n) is 3.31. The third-order valence-corrected chi connectivity index (χ3v) is 1.95. The number of hydrogen-bond acceptors (Lipinski definition) is 3. The van der Waals surface area contributed by atoms with Gasteiger partial charge in [0.05, 0.1) is 12.2 Å². The van der Waals surface area contributed by atoms with Gasteiger partial charge in [0, 0.05) is 0 Å². The summed E-state index contributed by atoms with van der Waals surface area (Å²) < 4.78 is 79.1. The molecule has 0 amide bonds. The van der Waals surface area contributed by atoms with Gasteiger partial charge in [-0.15, -0.1) is 0 Å². The van der Waals surface area contributed by atoms with Crippen LogP contribution in [0.1, 0.15) is 28.7 Å². The zero-order valence-electron chi connectivity index (χ0n) is 9.39. The number of halogens is 6. The summed E-state index contributed by atoms with van der Waals surface area (Å²) in [6.45, 7) is 1.26. The molecule has 0 atom stereocenters. The molecule has 106 valence electrons. The maximum absolute atomic E-state index is 12.5. The quantitative estimate of drug-likeness (QED) is 0.619. The highest BCUT2D eigenvalue weighted by Crippen LogP contribution is 2.39. The molecule has 0 N–H and O–H groups in total. The number of ether oxygens (including phenoxy) is 1. The topological polar surface area (TPSA) is 39.2 Å². The molecule has 0 radical (unpaired) electrons. The molecule has 1 aromatic heterocycles. The third-order valence-electron chi connectivity index (χ3n) is 1.95. The predicted octanol–water partition coefficient (Wildman–Crippen LogP) is 3.30. The van der Waals surface area contributed by atoms with Gasteiger partial charge in [0.2, 0.25) is 0 Å². The van der Waals surface area contributed by atoms with Gasteiger partial charge in [-0.1, -0.05) is 0 Å². The number of rotatable bonds is 2. The molecule has 1 heterocycles. The molecule has 0 aliphatic carbocycles. The van der Waals surface area contributed by atoms with E-state index in [1.54, 1.807) is 0 Å². The van der Waals surface area contributed by atoms with Gasteiger partial charge in [-0.05, 0) is 19.1 Å². The zero-order valence-corrected chi connectivity index (χ0v) is 9.39. The Morgan fingerprint density at radius 2 is 1.74 bits per heavy atom. The molecule has 1 aromatic rings. The molecule has 0 aromatic carbocycles. The normalized spacial score (nSPS) is 12.4. The minimum absolute atomic E-state index is 0.136. The Labute approximate surface area is 103 Å². The van der Waals surface area contributed by atoms with E-state index < -0.39 is 35.3 Å². The number of pyridine rings is 1. The Hall–Kier alpha value is -1.80. The van der Waals surface area contributed by atoms with Crippen molar-refractivity contribution in [1.29, 1.82) is 0 Å². The average molecular weight is 287 g/mol. The lowest BCUT2D eigenvalue weighted by atomic mass is 10.1. The van der Waals surface area contributed by atoms with Crippen molar-refractivity contribution in [3.05, 3.63) is 29.1 Å². The van der Waals surface area contributed by atoms with Gasteiger partial charge in [0.1, 0.15) is 5.69 Å². The summed E-state index contributed by atoms with van der Waals surface area (Å²) in [7, 11) is 0. The fraction of sp³-hybridized carbons (Fsp3) is 0.400. The monoisotopic (exact) mass is 287 g/mol. The Bertz CT molecular complexity index is 480. The van der Waals surface area contributed by atoms with Crippen LogP contribution in [0.25, 0.3) is 0 Å². The number of aromatic nitrogens is 1. The summed E-state index contributed by atoms with van der Waals surface area (Å²) in [6.07, 6.45) is -10.5. The molecule has 0 aliphatic heterocycles. The van der Waals surface area contributed by atoms with Crippen molar-refractivity contribution >= 4 is 5.97 Å². The molecule has 0 aliphatic rings. The molecule has 9 heteroatoms. The highest BCUT2D eigenvalue weighted by atomic mass is 19.4. The number of carbonyl (C=O) groups excluding carboxylic acids is 1. The van der Waals surface area contributed by atoms with Crippen molar-refractivity contribution in [1.82, 2.24) is 4.98 Å². The van der Waals surface area contributed by atoms with Crippen LogP contribution in [0.3, 0.4) is 0 Å². The number of nitrogens with zero attached hydrogens (tertiary/aromatic N) is 1. The van der Waals surface area contributed by atoms with Gasteiger partial charge in [0.25, 0.3) is 0 Å². The maximum atomic E-state index is 12.5. The van der Waals surface area contributed by atoms with Crippen molar-refractivity contribution in [2.24, 2.45) is 0 Å². The Balaban J connectivity index is 3.36. The summed E-state index contributed by atoms with van der Waals surface area (Å²) in [6, 6.07) is 0.693. The van der Waals surface area contributed by atoms with E-state index in [0.717, 1.165) is 0 Å². The van der Waals surface area contributed by atoms with Crippen LogP contribution in [-0.2, 0) is 17.1 Å². The van der Waals surface area contributed by atoms with Gasteiger partial charge in [-0.3, -0.25) is 0 Å². The molecule has 0 fully saturated rings. The molecule has 0 bridgehead atoms. The lowest BCUT2D eigenvalue weighted by Crippen LogP contribution is -2.21. The Kier molecular flexibility index (Phi) is 4.06. The van der Waals surface area contributed by atoms with Gasteiger partial charge in [0.15, 0.2) is 5.69 Å². The fourth-order valence-corrected chi connectivity index (χ4v) is 1.22. The van der Waals surface area contributed by atoms with Crippen LogP contribution in [-0.4, -0.2) is 17.6 Å². The van der Waals surface area contributed by atoms with Gasteiger partial charge in [-0.25, -0.2) is 9.78 Å². The number of esters is 1. The van der Waals surface area contributed by atoms with Crippen LogP contribution in [0, 0.1) is 0 Å². The predicted molar refractivity (Wildman–Crippen MR) is 50.2 cm³/mol. The Morgan fingerprint density at radius 3 is 2.16 bits per heavy atom. The lowest BCUT2D eigenvalue weighted by molar-refractivity contribution is -0.164. The standard InChI is InChI=1S/C10H7F6NO2/c1-2-19-8(18)6-4-3-5(9(11,12)13)7(17-6)10(14,15)16/h3-4H,2H2,1H3. The minimum Gasteiger partial charge on any atom is -0.461 e. The third kappa shape index (κ3) is 3.58. The van der Waals surface area contributed by atoms with E-state index in [9.17, 15) is 31.1 Å². The average Bonchev–Trinajstić information content (AvgIpc) is 2.26. The largest absolute Gasteiger partial charge is 0.461 e. The van der Waals surface area contributed by atoms with Crippen LogP contribution in [0.5, 0.6) is 0 Å². The van der Waals surface area contributed by atoms with Crippen molar-refractivity contribution in [3.63, 3.8) is 0 Å². The first-order valence-electron chi connectivity index (χ1n) is 4.90. The van der Waals surface area contributed by atoms with E-state index in [2.05, 4.69) is 9.72 Å². The van der Waals surface area contributed by atoms with E-state index in [1.165, 1.54) is 6.92 Å². The van der Waals surface area contributed by atoms with E-state index >= 15 is 0 Å². The molecule has 0 saturated heterocycles. The Morgan fingerprint density at radius 1 is 1.16 bits per heavy atom. The molecule has 0 saturated carbocycles. The van der Waals surface area contributed by atoms with Crippen LogP contribution in [0.4, 0.5) is 26.3 Å². The van der Waals surface area contributed by atoms with Crippen LogP contribution >= 0.6 is 0 Å². The molecule has 0 unspecified atom stereocenters. The number of carbonyl (C=O) groups is 1. The highest BCUT2D eigenvalue weighted by Gasteiger charge is 2.45. The molecule has 0 spiro atoms. The fourth-order valence-electron chi connectivity index (χ4n) is 1.22. The lowest BCUT2D eigenvalue weighted by Gasteiger charge is -2.15. The first-order chi connectivity index (χ1) is 8.57. The first-order valence-corrected chi connectivity index (χ1v) is 4.90. The van der Waals surface area contributed by atoms with Crippen LogP contribution in [0.2, 0.25) is 0 Å².